The molecule has 0 spiro atoms. The zero-order chi connectivity index (χ0) is 29.9. The van der Waals surface area contributed by atoms with Crippen molar-refractivity contribution in [3.63, 3.8) is 0 Å². The van der Waals surface area contributed by atoms with E-state index in [4.69, 9.17) is 4.74 Å². The number of likely N-dealkylation sites (N-methyl/N-ethyl adjacent to an activating group) is 1. The van der Waals surface area contributed by atoms with Crippen molar-refractivity contribution < 1.29 is 23.5 Å². The van der Waals surface area contributed by atoms with Crippen molar-refractivity contribution >= 4 is 28.8 Å². The maximum absolute atomic E-state index is 14.2. The largest absolute Gasteiger partial charge is 0.444 e. The molecule has 1 aliphatic carbocycles. The number of carbonyl (C=O) groups is 3. The van der Waals surface area contributed by atoms with Crippen LogP contribution in [0.1, 0.15) is 78.2 Å². The lowest BCUT2D eigenvalue weighted by Crippen LogP contribution is -2.57. The van der Waals surface area contributed by atoms with E-state index < -0.39 is 35.5 Å². The molecule has 1 aliphatic heterocycles. The Bertz CT molecular complexity index is 1320. The molecule has 1 N–H and O–H groups in total. The van der Waals surface area contributed by atoms with Crippen LogP contribution in [-0.2, 0) is 20.9 Å². The minimum atomic E-state index is -0.825. The molecule has 222 valence electrons. The van der Waals surface area contributed by atoms with Gasteiger partial charge in [0.05, 0.1) is 5.56 Å². The van der Waals surface area contributed by atoms with Crippen molar-refractivity contribution in [2.24, 2.45) is 5.92 Å². The van der Waals surface area contributed by atoms with Gasteiger partial charge in [-0.25, -0.2) is 9.18 Å². The summed E-state index contributed by atoms with van der Waals surface area (Å²) in [5.41, 5.74) is 0.448. The first-order valence-electron chi connectivity index (χ1n) is 14.6. The summed E-state index contributed by atoms with van der Waals surface area (Å²) < 4.78 is 21.2. The maximum Gasteiger partial charge on any atom is 0.410 e. The summed E-state index contributed by atoms with van der Waals surface area (Å²) in [6.45, 7) is 7.98. The smallest absolute Gasteiger partial charge is 0.410 e. The van der Waals surface area contributed by atoms with Gasteiger partial charge in [0.1, 0.15) is 29.6 Å². The Morgan fingerprint density at radius 3 is 2.54 bits per heavy atom. The normalized spacial score (nSPS) is 19.4. The van der Waals surface area contributed by atoms with Crippen LogP contribution in [0, 0.1) is 23.1 Å². The number of carbonyl (C=O) groups excluding carboxylic acids is 3. The monoisotopic (exact) mass is 567 g/mol. The van der Waals surface area contributed by atoms with Gasteiger partial charge in [-0.1, -0.05) is 19.3 Å². The molecule has 10 heteroatoms. The van der Waals surface area contributed by atoms with Crippen LogP contribution in [0.5, 0.6) is 0 Å². The molecule has 41 heavy (non-hydrogen) atoms. The highest BCUT2D eigenvalue weighted by Gasteiger charge is 2.39. The van der Waals surface area contributed by atoms with Gasteiger partial charge in [-0.15, -0.1) is 0 Å². The van der Waals surface area contributed by atoms with Gasteiger partial charge in [0.25, 0.3) is 0 Å². The van der Waals surface area contributed by atoms with Gasteiger partial charge >= 0.3 is 6.09 Å². The standard InChI is InChI=1S/C31H42FN5O4/c1-20(35(5)30(40)41-31(2,3)4)28(38)34-27(21-10-7-6-8-11-21)29(39)37-15-9-12-24(37)19-36-18-22(17-33)25-16-23(32)13-14-26(25)36/h13-14,16,18,20-21,24,27H,6-12,15,19H2,1-5H3,(H,34,38)/t20-,24-,27-/m0/s1. The lowest BCUT2D eigenvalue weighted by molar-refractivity contribution is -0.140. The van der Waals surface area contributed by atoms with E-state index in [-0.39, 0.29) is 17.9 Å². The molecule has 3 amide bonds. The highest BCUT2D eigenvalue weighted by Crippen LogP contribution is 2.31. The average Bonchev–Trinajstić information content (AvgIpc) is 3.54. The van der Waals surface area contributed by atoms with Crippen molar-refractivity contribution in [1.29, 1.82) is 5.26 Å². The maximum atomic E-state index is 14.2. The number of nitriles is 1. The van der Waals surface area contributed by atoms with Crippen molar-refractivity contribution in [1.82, 2.24) is 19.7 Å². The molecule has 0 bridgehead atoms. The van der Waals surface area contributed by atoms with Gasteiger partial charge in [0, 0.05) is 43.3 Å². The molecule has 1 aromatic heterocycles. The third-order valence-corrected chi connectivity index (χ3v) is 8.36. The van der Waals surface area contributed by atoms with E-state index >= 15 is 0 Å². The van der Waals surface area contributed by atoms with Gasteiger partial charge in [0.2, 0.25) is 11.8 Å². The molecule has 2 heterocycles. The highest BCUT2D eigenvalue weighted by atomic mass is 19.1. The van der Waals surface area contributed by atoms with Crippen LogP contribution in [0.3, 0.4) is 0 Å². The number of benzene rings is 1. The summed E-state index contributed by atoms with van der Waals surface area (Å²) in [4.78, 5) is 43.3. The molecule has 2 aromatic rings. The molecule has 0 unspecified atom stereocenters. The van der Waals surface area contributed by atoms with Crippen LogP contribution in [0.15, 0.2) is 24.4 Å². The Labute approximate surface area is 241 Å². The topological polar surface area (TPSA) is 108 Å². The SMILES string of the molecule is C[C@@H](C(=O)N[C@H](C(=O)N1CCC[C@H]1Cn1cc(C#N)c2cc(F)ccc21)C1CCCCC1)N(C)C(=O)OC(C)(C)C. The lowest BCUT2D eigenvalue weighted by Gasteiger charge is -2.36. The number of halogens is 1. The van der Waals surface area contributed by atoms with E-state index in [2.05, 4.69) is 11.4 Å². The van der Waals surface area contributed by atoms with Crippen molar-refractivity contribution in [3.8, 4) is 6.07 Å². The van der Waals surface area contributed by atoms with Gasteiger partial charge in [0.15, 0.2) is 0 Å². The quantitative estimate of drug-likeness (QED) is 0.509. The second-order valence-electron chi connectivity index (χ2n) is 12.4. The van der Waals surface area contributed by atoms with Crippen LogP contribution >= 0.6 is 0 Å². The van der Waals surface area contributed by atoms with Crippen molar-refractivity contribution in [3.05, 3.63) is 35.8 Å². The minimum absolute atomic E-state index is 0.0149. The van der Waals surface area contributed by atoms with E-state index in [1.807, 2.05) is 9.47 Å². The number of ether oxygens (including phenoxy) is 1. The Morgan fingerprint density at radius 1 is 1.17 bits per heavy atom. The summed E-state index contributed by atoms with van der Waals surface area (Å²) in [7, 11) is 1.52. The molecule has 1 saturated heterocycles. The number of fused-ring (bicyclic) bond motifs is 1. The Hall–Kier alpha value is -3.61. The number of nitrogens with one attached hydrogen (secondary N) is 1. The second kappa shape index (κ2) is 12.5. The average molecular weight is 568 g/mol. The molecule has 2 fully saturated rings. The number of hydrogen-bond donors (Lipinski definition) is 1. The number of amides is 3. The summed E-state index contributed by atoms with van der Waals surface area (Å²) in [6.07, 6.45) is 7.56. The van der Waals surface area contributed by atoms with Gasteiger partial charge in [-0.2, -0.15) is 5.26 Å². The fourth-order valence-corrected chi connectivity index (χ4v) is 6.02. The molecule has 9 nitrogen and oxygen atoms in total. The fraction of sp³-hybridized carbons (Fsp3) is 0.613. The van der Waals surface area contributed by atoms with Crippen molar-refractivity contribution in [2.45, 2.75) is 103 Å². The van der Waals surface area contributed by atoms with Crippen LogP contribution < -0.4 is 5.32 Å². The lowest BCUT2D eigenvalue weighted by atomic mass is 9.83. The molecule has 0 radical (unpaired) electrons. The van der Waals surface area contributed by atoms with E-state index in [9.17, 15) is 24.0 Å². The predicted molar refractivity (Wildman–Crippen MR) is 153 cm³/mol. The van der Waals surface area contributed by atoms with E-state index in [0.717, 1.165) is 50.5 Å². The fourth-order valence-electron chi connectivity index (χ4n) is 6.02. The summed E-state index contributed by atoms with van der Waals surface area (Å²) in [6, 6.07) is 4.92. The summed E-state index contributed by atoms with van der Waals surface area (Å²) in [5, 5.41) is 13.2. The van der Waals surface area contributed by atoms with Crippen LogP contribution in [0.4, 0.5) is 9.18 Å². The Kier molecular flexibility index (Phi) is 9.25. The third kappa shape index (κ3) is 7.00. The van der Waals surface area contributed by atoms with Crippen LogP contribution in [0.2, 0.25) is 0 Å². The number of rotatable bonds is 7. The summed E-state index contributed by atoms with van der Waals surface area (Å²) >= 11 is 0. The molecule has 3 atom stereocenters. The number of aromatic nitrogens is 1. The summed E-state index contributed by atoms with van der Waals surface area (Å²) in [5.74, 6) is -0.888. The van der Waals surface area contributed by atoms with Gasteiger partial charge in [-0.3, -0.25) is 14.5 Å². The first-order chi connectivity index (χ1) is 19.4. The first-order valence-corrected chi connectivity index (χ1v) is 14.6. The van der Waals surface area contributed by atoms with Crippen molar-refractivity contribution in [2.75, 3.05) is 13.6 Å². The van der Waals surface area contributed by atoms with E-state index in [1.54, 1.807) is 40.0 Å². The first kappa shape index (κ1) is 30.4. The number of likely N-dealkylation sites (tertiary alicyclic amines) is 1. The molecule has 1 saturated carbocycles. The molecule has 4 rings (SSSR count). The zero-order valence-electron chi connectivity index (χ0n) is 24.8. The molecular weight excluding hydrogens is 525 g/mol. The molecule has 2 aliphatic rings. The Balaban J connectivity index is 1.53. The number of nitrogens with zero attached hydrogens (tertiary/aromatic N) is 4. The van der Waals surface area contributed by atoms with Gasteiger partial charge < -0.3 is 19.5 Å². The molecule has 1 aromatic carbocycles. The Morgan fingerprint density at radius 2 is 1.88 bits per heavy atom. The number of hydrogen-bond acceptors (Lipinski definition) is 5. The third-order valence-electron chi connectivity index (χ3n) is 8.36. The van der Waals surface area contributed by atoms with Crippen LogP contribution in [-0.4, -0.2) is 69.6 Å². The van der Waals surface area contributed by atoms with Crippen LogP contribution in [0.25, 0.3) is 10.9 Å². The van der Waals surface area contributed by atoms with E-state index in [0.29, 0.717) is 24.0 Å². The second-order valence-corrected chi connectivity index (χ2v) is 12.4. The zero-order valence-corrected chi connectivity index (χ0v) is 24.8. The highest BCUT2D eigenvalue weighted by molar-refractivity contribution is 5.91. The van der Waals surface area contributed by atoms with Gasteiger partial charge in [-0.05, 0) is 77.5 Å². The predicted octanol–water partition coefficient (Wildman–Crippen LogP) is 4.96. The minimum Gasteiger partial charge on any atom is -0.444 e. The molecular formula is C31H42FN5O4. The van der Waals surface area contributed by atoms with E-state index in [1.165, 1.54) is 24.1 Å².